The Morgan fingerprint density at radius 3 is 2.80 bits per heavy atom. The van der Waals surface area contributed by atoms with Crippen LogP contribution in [0.1, 0.15) is 47.2 Å². The molecule has 3 rings (SSSR count). The van der Waals surface area contributed by atoms with Crippen LogP contribution in [0.15, 0.2) is 30.3 Å². The van der Waals surface area contributed by atoms with Gasteiger partial charge in [-0.05, 0) is 30.9 Å². The zero-order valence-corrected chi connectivity index (χ0v) is 12.7. The van der Waals surface area contributed by atoms with Crippen molar-refractivity contribution in [2.24, 2.45) is 0 Å². The fourth-order valence-electron chi connectivity index (χ4n) is 2.55. The summed E-state index contributed by atoms with van der Waals surface area (Å²) in [6.45, 7) is 4.28. The minimum Gasteiger partial charge on any atom is -0.316 e. The predicted octanol–water partition coefficient (Wildman–Crippen LogP) is 3.35. The van der Waals surface area contributed by atoms with Gasteiger partial charge in [0.1, 0.15) is 10.0 Å². The second kappa shape index (κ2) is 6.46. The summed E-state index contributed by atoms with van der Waals surface area (Å²) in [5.41, 5.74) is 1.44. The second-order valence-corrected chi connectivity index (χ2v) is 6.49. The Morgan fingerprint density at radius 1 is 1.15 bits per heavy atom. The predicted molar refractivity (Wildman–Crippen MR) is 83.3 cm³/mol. The number of nitrogens with one attached hydrogen (secondary N) is 1. The highest BCUT2D eigenvalue weighted by molar-refractivity contribution is 7.11. The van der Waals surface area contributed by atoms with Gasteiger partial charge >= 0.3 is 0 Å². The van der Waals surface area contributed by atoms with E-state index in [0.29, 0.717) is 11.8 Å². The van der Waals surface area contributed by atoms with E-state index in [9.17, 15) is 0 Å². The SMILES string of the molecule is CCCNCCc1nnc(C2CC2c2ccccc2)s1. The third-order valence-corrected chi connectivity index (χ3v) is 4.88. The molecule has 0 amide bonds. The highest BCUT2D eigenvalue weighted by Crippen LogP contribution is 2.55. The molecule has 1 aliphatic carbocycles. The van der Waals surface area contributed by atoms with E-state index in [0.717, 1.165) is 19.5 Å². The first-order chi connectivity index (χ1) is 9.88. The smallest absolute Gasteiger partial charge is 0.121 e. The average molecular weight is 287 g/mol. The summed E-state index contributed by atoms with van der Waals surface area (Å²) in [6, 6.07) is 10.8. The minimum absolute atomic E-state index is 0.604. The molecule has 1 aliphatic rings. The zero-order valence-electron chi connectivity index (χ0n) is 11.9. The van der Waals surface area contributed by atoms with E-state index in [1.807, 2.05) is 0 Å². The van der Waals surface area contributed by atoms with Crippen molar-refractivity contribution in [2.75, 3.05) is 13.1 Å². The van der Waals surface area contributed by atoms with Crippen LogP contribution in [0.2, 0.25) is 0 Å². The first-order valence-corrected chi connectivity index (χ1v) is 8.28. The van der Waals surface area contributed by atoms with Gasteiger partial charge in [0, 0.05) is 18.9 Å². The molecular formula is C16H21N3S. The van der Waals surface area contributed by atoms with Crippen LogP contribution in [0.3, 0.4) is 0 Å². The minimum atomic E-state index is 0.604. The van der Waals surface area contributed by atoms with Crippen LogP contribution in [-0.2, 0) is 6.42 Å². The van der Waals surface area contributed by atoms with Gasteiger partial charge in [0.05, 0.1) is 0 Å². The van der Waals surface area contributed by atoms with Crippen molar-refractivity contribution in [2.45, 2.75) is 38.0 Å². The van der Waals surface area contributed by atoms with Crippen molar-refractivity contribution in [3.8, 4) is 0 Å². The lowest BCUT2D eigenvalue weighted by molar-refractivity contribution is 0.667. The van der Waals surface area contributed by atoms with Gasteiger partial charge in [-0.1, -0.05) is 37.3 Å². The Bertz CT molecular complexity index is 538. The van der Waals surface area contributed by atoms with E-state index in [-0.39, 0.29) is 0 Å². The number of nitrogens with zero attached hydrogens (tertiary/aromatic N) is 2. The largest absolute Gasteiger partial charge is 0.316 e. The van der Waals surface area contributed by atoms with E-state index >= 15 is 0 Å². The quantitative estimate of drug-likeness (QED) is 0.794. The van der Waals surface area contributed by atoms with E-state index < -0.39 is 0 Å². The molecule has 2 aromatic rings. The van der Waals surface area contributed by atoms with Crippen molar-refractivity contribution in [1.29, 1.82) is 0 Å². The molecule has 1 aromatic carbocycles. The number of benzene rings is 1. The molecule has 1 N–H and O–H groups in total. The Kier molecular flexibility index (Phi) is 4.43. The molecule has 3 nitrogen and oxygen atoms in total. The summed E-state index contributed by atoms with van der Waals surface area (Å²) in [5.74, 6) is 1.27. The summed E-state index contributed by atoms with van der Waals surface area (Å²) >= 11 is 1.80. The molecule has 1 aromatic heterocycles. The molecule has 0 spiro atoms. The van der Waals surface area contributed by atoms with Crippen LogP contribution < -0.4 is 5.32 Å². The van der Waals surface area contributed by atoms with Crippen molar-refractivity contribution >= 4 is 11.3 Å². The van der Waals surface area contributed by atoms with E-state index in [1.54, 1.807) is 11.3 Å². The maximum atomic E-state index is 4.39. The molecule has 0 aliphatic heterocycles. The van der Waals surface area contributed by atoms with Gasteiger partial charge in [0.2, 0.25) is 0 Å². The molecule has 0 radical (unpaired) electrons. The van der Waals surface area contributed by atoms with Crippen LogP contribution in [-0.4, -0.2) is 23.3 Å². The maximum Gasteiger partial charge on any atom is 0.121 e. The van der Waals surface area contributed by atoms with Gasteiger partial charge in [0.15, 0.2) is 0 Å². The fraction of sp³-hybridized carbons (Fsp3) is 0.500. The lowest BCUT2D eigenvalue weighted by atomic mass is 10.1. The standard InChI is InChI=1S/C16H21N3S/c1-2-9-17-10-8-15-18-19-16(20-15)14-11-13(14)12-6-4-3-5-7-12/h3-7,13-14,17H,2,8-11H2,1H3. The lowest BCUT2D eigenvalue weighted by Gasteiger charge is -1.98. The van der Waals surface area contributed by atoms with Crippen LogP contribution in [0.4, 0.5) is 0 Å². The molecule has 1 fully saturated rings. The molecule has 20 heavy (non-hydrogen) atoms. The average Bonchev–Trinajstić information content (AvgIpc) is 3.16. The van der Waals surface area contributed by atoms with Crippen LogP contribution in [0.25, 0.3) is 0 Å². The summed E-state index contributed by atoms with van der Waals surface area (Å²) < 4.78 is 0. The maximum absolute atomic E-state index is 4.39. The lowest BCUT2D eigenvalue weighted by Crippen LogP contribution is -2.17. The summed E-state index contributed by atoms with van der Waals surface area (Å²) in [5, 5.41) is 14.5. The Labute approximate surface area is 124 Å². The Hall–Kier alpha value is -1.26. The number of rotatable bonds is 7. The van der Waals surface area contributed by atoms with Gasteiger partial charge in [0.25, 0.3) is 0 Å². The second-order valence-electron chi connectivity index (χ2n) is 5.39. The normalized spacial score (nSPS) is 21.1. The molecular weight excluding hydrogens is 266 g/mol. The fourth-order valence-corrected chi connectivity index (χ4v) is 3.57. The molecule has 2 atom stereocenters. The third-order valence-electron chi connectivity index (χ3n) is 3.76. The first kappa shape index (κ1) is 13.7. The molecule has 1 saturated carbocycles. The van der Waals surface area contributed by atoms with Gasteiger partial charge < -0.3 is 5.32 Å². The Morgan fingerprint density at radius 2 is 2.00 bits per heavy atom. The van der Waals surface area contributed by atoms with Crippen molar-refractivity contribution < 1.29 is 0 Å². The molecule has 106 valence electrons. The van der Waals surface area contributed by atoms with Crippen molar-refractivity contribution in [3.05, 3.63) is 45.9 Å². The monoisotopic (exact) mass is 287 g/mol. The Balaban J connectivity index is 1.54. The summed E-state index contributed by atoms with van der Waals surface area (Å²) in [6.07, 6.45) is 3.41. The third kappa shape index (κ3) is 3.25. The highest BCUT2D eigenvalue weighted by Gasteiger charge is 2.41. The van der Waals surface area contributed by atoms with Gasteiger partial charge in [-0.25, -0.2) is 0 Å². The van der Waals surface area contributed by atoms with Gasteiger partial charge in [-0.2, -0.15) is 0 Å². The van der Waals surface area contributed by atoms with Gasteiger partial charge in [-0.3, -0.25) is 0 Å². The van der Waals surface area contributed by atoms with E-state index in [2.05, 4.69) is 52.8 Å². The van der Waals surface area contributed by atoms with Crippen LogP contribution in [0, 0.1) is 0 Å². The molecule has 0 saturated heterocycles. The number of hydrogen-bond acceptors (Lipinski definition) is 4. The molecule has 2 unspecified atom stereocenters. The summed E-state index contributed by atoms with van der Waals surface area (Å²) in [7, 11) is 0. The van der Waals surface area contributed by atoms with Crippen LogP contribution in [0.5, 0.6) is 0 Å². The van der Waals surface area contributed by atoms with E-state index in [4.69, 9.17) is 0 Å². The zero-order chi connectivity index (χ0) is 13.8. The molecule has 4 heteroatoms. The topological polar surface area (TPSA) is 37.8 Å². The van der Waals surface area contributed by atoms with E-state index in [1.165, 1.54) is 28.4 Å². The molecule has 0 bridgehead atoms. The molecule has 1 heterocycles. The number of hydrogen-bond donors (Lipinski definition) is 1. The van der Waals surface area contributed by atoms with Crippen LogP contribution >= 0.6 is 11.3 Å². The summed E-state index contributed by atoms with van der Waals surface area (Å²) in [4.78, 5) is 0. The van der Waals surface area contributed by atoms with Crippen molar-refractivity contribution in [1.82, 2.24) is 15.5 Å². The first-order valence-electron chi connectivity index (χ1n) is 7.46. The van der Waals surface area contributed by atoms with Gasteiger partial charge in [-0.15, -0.1) is 21.5 Å². The highest BCUT2D eigenvalue weighted by atomic mass is 32.1. The number of aromatic nitrogens is 2. The van der Waals surface area contributed by atoms with Crippen molar-refractivity contribution in [3.63, 3.8) is 0 Å².